The van der Waals surface area contributed by atoms with E-state index >= 15 is 0 Å². The van der Waals surface area contributed by atoms with Gasteiger partial charge in [0.1, 0.15) is 0 Å². The number of alkyl halides is 1. The second kappa shape index (κ2) is 4.46. The van der Waals surface area contributed by atoms with Crippen molar-refractivity contribution in [1.29, 1.82) is 0 Å². The number of piperidine rings is 1. The summed E-state index contributed by atoms with van der Waals surface area (Å²) in [7, 11) is -3.38. The maximum atomic E-state index is 12.1. The average molecular weight is 308 g/mol. The maximum absolute atomic E-state index is 12.1. The molecule has 0 saturated carbocycles. The number of halogens is 1. The lowest BCUT2D eigenvalue weighted by molar-refractivity contribution is 0.291. The summed E-state index contributed by atoms with van der Waals surface area (Å²) >= 11 is 3.55. The summed E-state index contributed by atoms with van der Waals surface area (Å²) in [5, 5.41) is 6.36. The fraction of sp³-hybridized carbons (Fsp3) is 0.667. The van der Waals surface area contributed by atoms with Crippen molar-refractivity contribution in [1.82, 2.24) is 14.5 Å². The first kappa shape index (κ1) is 12.1. The number of nitrogens with zero attached hydrogens (tertiary/aromatic N) is 2. The van der Waals surface area contributed by atoms with Crippen LogP contribution in [0.2, 0.25) is 0 Å². The van der Waals surface area contributed by atoms with Crippen LogP contribution < -0.4 is 0 Å². The third-order valence-electron chi connectivity index (χ3n) is 2.86. The van der Waals surface area contributed by atoms with Gasteiger partial charge in [0.15, 0.2) is 5.03 Å². The summed E-state index contributed by atoms with van der Waals surface area (Å²) in [4.78, 5) is 0.403. The van der Waals surface area contributed by atoms with Crippen molar-refractivity contribution >= 4 is 26.0 Å². The summed E-state index contributed by atoms with van der Waals surface area (Å²) in [6.45, 7) is 3.16. The fourth-order valence-corrected chi connectivity index (χ4v) is 3.65. The van der Waals surface area contributed by atoms with E-state index in [1.54, 1.807) is 0 Å². The third kappa shape index (κ3) is 2.16. The Morgan fingerprint density at radius 3 is 2.94 bits per heavy atom. The Balaban J connectivity index is 2.20. The van der Waals surface area contributed by atoms with Gasteiger partial charge in [-0.25, -0.2) is 8.42 Å². The van der Waals surface area contributed by atoms with Gasteiger partial charge >= 0.3 is 0 Å². The minimum Gasteiger partial charge on any atom is -0.266 e. The van der Waals surface area contributed by atoms with Crippen molar-refractivity contribution in [2.75, 3.05) is 13.1 Å². The highest BCUT2D eigenvalue weighted by Crippen LogP contribution is 2.26. The van der Waals surface area contributed by atoms with Gasteiger partial charge in [-0.3, -0.25) is 5.10 Å². The number of hydrogen-bond donors (Lipinski definition) is 1. The predicted molar refractivity (Wildman–Crippen MR) is 63.8 cm³/mol. The Kier molecular flexibility index (Phi) is 3.37. The lowest BCUT2D eigenvalue weighted by atomic mass is 10.0. The second-order valence-corrected chi connectivity index (χ2v) is 7.15. The van der Waals surface area contributed by atoms with E-state index in [1.165, 1.54) is 16.6 Å². The monoisotopic (exact) mass is 307 g/mol. The molecule has 90 valence electrons. The molecule has 2 unspecified atom stereocenters. The topological polar surface area (TPSA) is 66.1 Å². The molecule has 0 bridgehead atoms. The molecule has 5 nitrogen and oxygen atoms in total. The number of H-pyrrole nitrogens is 1. The highest BCUT2D eigenvalue weighted by atomic mass is 79.9. The Morgan fingerprint density at radius 2 is 2.38 bits per heavy atom. The minimum atomic E-state index is -3.38. The molecule has 0 radical (unpaired) electrons. The normalized spacial score (nSPS) is 28.1. The number of rotatable bonds is 2. The summed E-state index contributed by atoms with van der Waals surface area (Å²) in [6.07, 6.45) is 2.29. The zero-order valence-corrected chi connectivity index (χ0v) is 11.3. The summed E-state index contributed by atoms with van der Waals surface area (Å²) < 4.78 is 25.8. The van der Waals surface area contributed by atoms with Crippen molar-refractivity contribution in [3.05, 3.63) is 12.3 Å². The lowest BCUT2D eigenvalue weighted by Gasteiger charge is -2.32. The Bertz CT molecular complexity index is 445. The van der Waals surface area contributed by atoms with Crippen LogP contribution in [0.15, 0.2) is 17.3 Å². The minimum absolute atomic E-state index is 0.174. The average Bonchev–Trinajstić information content (AvgIpc) is 2.75. The molecule has 1 N–H and O–H groups in total. The molecular weight excluding hydrogens is 294 g/mol. The van der Waals surface area contributed by atoms with Gasteiger partial charge in [-0.05, 0) is 18.4 Å². The molecule has 1 aromatic rings. The van der Waals surface area contributed by atoms with Crippen molar-refractivity contribution in [3.63, 3.8) is 0 Å². The van der Waals surface area contributed by atoms with Gasteiger partial charge in [-0.1, -0.05) is 22.9 Å². The number of aromatic amines is 1. The van der Waals surface area contributed by atoms with Gasteiger partial charge < -0.3 is 0 Å². The first-order valence-corrected chi connectivity index (χ1v) is 7.51. The van der Waals surface area contributed by atoms with Gasteiger partial charge in [0, 0.05) is 17.9 Å². The SMILES string of the molecule is CC1CN(S(=O)(=O)c2ccn[nH]2)CCC1Br. The van der Waals surface area contributed by atoms with Crippen LogP contribution in [0.5, 0.6) is 0 Å². The van der Waals surface area contributed by atoms with Crippen molar-refractivity contribution < 1.29 is 8.42 Å². The molecule has 2 atom stereocenters. The van der Waals surface area contributed by atoms with Crippen molar-refractivity contribution in [3.8, 4) is 0 Å². The van der Waals surface area contributed by atoms with Crippen LogP contribution >= 0.6 is 15.9 Å². The summed E-state index contributed by atoms with van der Waals surface area (Å²) in [6, 6.07) is 1.49. The lowest BCUT2D eigenvalue weighted by Crippen LogP contribution is -2.43. The molecule has 2 rings (SSSR count). The van der Waals surface area contributed by atoms with Crippen LogP contribution in [-0.4, -0.2) is 40.8 Å². The molecule has 1 fully saturated rings. The van der Waals surface area contributed by atoms with Gasteiger partial charge in [0.05, 0.1) is 6.20 Å². The van der Waals surface area contributed by atoms with E-state index in [1.807, 2.05) is 6.92 Å². The second-order valence-electron chi connectivity index (χ2n) is 4.07. The Morgan fingerprint density at radius 1 is 1.62 bits per heavy atom. The molecule has 0 amide bonds. The van der Waals surface area contributed by atoms with E-state index in [9.17, 15) is 8.42 Å². The maximum Gasteiger partial charge on any atom is 0.259 e. The Labute approximate surface area is 103 Å². The standard InChI is InChI=1S/C9H14BrN3O2S/c1-7-6-13(5-3-8(7)10)16(14,15)9-2-4-11-12-9/h2,4,7-8H,3,5-6H2,1H3,(H,11,12). The molecule has 16 heavy (non-hydrogen) atoms. The summed E-state index contributed by atoms with van der Waals surface area (Å²) in [5.41, 5.74) is 0. The van der Waals surface area contributed by atoms with E-state index in [-0.39, 0.29) is 5.03 Å². The van der Waals surface area contributed by atoms with Crippen LogP contribution in [0.4, 0.5) is 0 Å². The predicted octanol–water partition coefficient (Wildman–Crippen LogP) is 1.20. The summed E-state index contributed by atoms with van der Waals surface area (Å²) in [5.74, 6) is 0.325. The Hall–Kier alpha value is -0.400. The molecule has 2 heterocycles. The number of sulfonamides is 1. The van der Waals surface area contributed by atoms with Gasteiger partial charge in [0.25, 0.3) is 10.0 Å². The largest absolute Gasteiger partial charge is 0.266 e. The van der Waals surface area contributed by atoms with E-state index in [2.05, 4.69) is 26.1 Å². The van der Waals surface area contributed by atoms with Crippen LogP contribution in [0.25, 0.3) is 0 Å². The van der Waals surface area contributed by atoms with E-state index in [0.717, 1.165) is 6.42 Å². The van der Waals surface area contributed by atoms with Gasteiger partial charge in [-0.15, -0.1) is 0 Å². The molecule has 7 heteroatoms. The van der Waals surface area contributed by atoms with E-state index < -0.39 is 10.0 Å². The molecule has 0 spiro atoms. The zero-order valence-electron chi connectivity index (χ0n) is 8.93. The first-order valence-electron chi connectivity index (χ1n) is 5.15. The molecule has 1 saturated heterocycles. The molecule has 1 aromatic heterocycles. The van der Waals surface area contributed by atoms with Crippen LogP contribution in [-0.2, 0) is 10.0 Å². The molecule has 1 aliphatic heterocycles. The molecular formula is C9H14BrN3O2S. The molecule has 0 aliphatic carbocycles. The highest BCUT2D eigenvalue weighted by molar-refractivity contribution is 9.09. The third-order valence-corrected chi connectivity index (χ3v) is 6.01. The van der Waals surface area contributed by atoms with Crippen molar-refractivity contribution in [2.24, 2.45) is 5.92 Å². The zero-order chi connectivity index (χ0) is 11.8. The van der Waals surface area contributed by atoms with E-state index in [0.29, 0.717) is 23.8 Å². The number of nitrogens with one attached hydrogen (secondary N) is 1. The highest BCUT2D eigenvalue weighted by Gasteiger charge is 2.32. The van der Waals surface area contributed by atoms with Crippen LogP contribution in [0.3, 0.4) is 0 Å². The van der Waals surface area contributed by atoms with Crippen molar-refractivity contribution in [2.45, 2.75) is 23.2 Å². The van der Waals surface area contributed by atoms with Crippen LogP contribution in [0, 0.1) is 5.92 Å². The fourth-order valence-electron chi connectivity index (χ4n) is 1.82. The first-order chi connectivity index (χ1) is 7.51. The smallest absolute Gasteiger partial charge is 0.259 e. The van der Waals surface area contributed by atoms with Crippen LogP contribution in [0.1, 0.15) is 13.3 Å². The van der Waals surface area contributed by atoms with Gasteiger partial charge in [-0.2, -0.15) is 9.40 Å². The molecule has 1 aliphatic rings. The van der Waals surface area contributed by atoms with Gasteiger partial charge in [0.2, 0.25) is 0 Å². The number of aromatic nitrogens is 2. The van der Waals surface area contributed by atoms with E-state index in [4.69, 9.17) is 0 Å². The number of hydrogen-bond acceptors (Lipinski definition) is 3. The quantitative estimate of drug-likeness (QED) is 0.835. The molecule has 0 aromatic carbocycles.